The van der Waals surface area contributed by atoms with Crippen molar-refractivity contribution in [2.24, 2.45) is 5.92 Å². The predicted molar refractivity (Wildman–Crippen MR) is 64.8 cm³/mol. The van der Waals surface area contributed by atoms with E-state index < -0.39 is 0 Å². The van der Waals surface area contributed by atoms with Gasteiger partial charge < -0.3 is 15.0 Å². The van der Waals surface area contributed by atoms with Crippen LogP contribution < -0.4 is 5.32 Å². The summed E-state index contributed by atoms with van der Waals surface area (Å²) in [6.45, 7) is 3.04. The smallest absolute Gasteiger partial charge is 0.249 e. The van der Waals surface area contributed by atoms with Crippen LogP contribution in [0.2, 0.25) is 0 Å². The van der Waals surface area contributed by atoms with Crippen molar-refractivity contribution in [1.29, 1.82) is 0 Å². The number of piperidine rings is 1. The second-order valence-electron chi connectivity index (χ2n) is 5.70. The zero-order valence-electron chi connectivity index (χ0n) is 10.7. The molecule has 3 rings (SSSR count). The Kier molecular flexibility index (Phi) is 3.01. The van der Waals surface area contributed by atoms with Crippen LogP contribution in [0.25, 0.3) is 0 Å². The molecule has 3 aliphatic rings. The van der Waals surface area contributed by atoms with Crippen molar-refractivity contribution in [3.63, 3.8) is 0 Å². The zero-order chi connectivity index (χ0) is 12.7. The van der Waals surface area contributed by atoms with Gasteiger partial charge in [0.1, 0.15) is 6.10 Å². The SMILES string of the molecule is CC(=O)N1CC[C@H]2C[C@@H](C(=O)NC3CC3)O[C@@H]2C1. The number of rotatable bonds is 2. The molecule has 2 amide bonds. The van der Waals surface area contributed by atoms with E-state index in [1.165, 1.54) is 0 Å². The van der Waals surface area contributed by atoms with Crippen LogP contribution in [0.4, 0.5) is 0 Å². The number of hydrogen-bond acceptors (Lipinski definition) is 3. The molecule has 1 saturated carbocycles. The third-order valence-electron chi connectivity index (χ3n) is 4.21. The summed E-state index contributed by atoms with van der Waals surface area (Å²) in [6, 6.07) is 0.387. The summed E-state index contributed by atoms with van der Waals surface area (Å²) in [7, 11) is 0. The third-order valence-corrected chi connectivity index (χ3v) is 4.21. The lowest BCUT2D eigenvalue weighted by atomic mass is 9.91. The van der Waals surface area contributed by atoms with E-state index in [2.05, 4.69) is 5.32 Å². The first-order chi connectivity index (χ1) is 8.63. The first-order valence-electron chi connectivity index (χ1n) is 6.85. The fourth-order valence-corrected chi connectivity index (χ4v) is 2.91. The molecule has 1 aliphatic carbocycles. The molecule has 1 N–H and O–H groups in total. The molecule has 0 aromatic rings. The molecule has 18 heavy (non-hydrogen) atoms. The Morgan fingerprint density at radius 1 is 1.28 bits per heavy atom. The van der Waals surface area contributed by atoms with Gasteiger partial charge in [-0.3, -0.25) is 9.59 Å². The van der Waals surface area contributed by atoms with Gasteiger partial charge in [0, 0.05) is 26.1 Å². The zero-order valence-corrected chi connectivity index (χ0v) is 10.7. The van der Waals surface area contributed by atoms with Crippen molar-refractivity contribution in [2.45, 2.75) is 50.9 Å². The Balaban J connectivity index is 1.56. The minimum atomic E-state index is -0.299. The molecule has 2 aliphatic heterocycles. The van der Waals surface area contributed by atoms with Gasteiger partial charge in [-0.1, -0.05) is 0 Å². The number of amides is 2. The quantitative estimate of drug-likeness (QED) is 0.768. The number of nitrogens with zero attached hydrogens (tertiary/aromatic N) is 1. The van der Waals surface area contributed by atoms with E-state index in [-0.39, 0.29) is 24.0 Å². The summed E-state index contributed by atoms with van der Waals surface area (Å²) in [6.07, 6.45) is 3.73. The average Bonchev–Trinajstić information content (AvgIpc) is 3.04. The largest absolute Gasteiger partial charge is 0.363 e. The number of carbonyl (C=O) groups is 2. The molecular formula is C13H20N2O3. The van der Waals surface area contributed by atoms with Crippen molar-refractivity contribution in [1.82, 2.24) is 10.2 Å². The summed E-state index contributed by atoms with van der Waals surface area (Å²) in [5.41, 5.74) is 0. The van der Waals surface area contributed by atoms with Crippen molar-refractivity contribution in [2.75, 3.05) is 13.1 Å². The fraction of sp³-hybridized carbons (Fsp3) is 0.846. The lowest BCUT2D eigenvalue weighted by Crippen LogP contribution is -2.44. The van der Waals surface area contributed by atoms with Crippen LogP contribution in [0, 0.1) is 5.92 Å². The van der Waals surface area contributed by atoms with Gasteiger partial charge in [0.25, 0.3) is 0 Å². The first-order valence-corrected chi connectivity index (χ1v) is 6.85. The number of nitrogens with one attached hydrogen (secondary N) is 1. The summed E-state index contributed by atoms with van der Waals surface area (Å²) in [4.78, 5) is 25.1. The standard InChI is InChI=1S/C13H20N2O3/c1-8(16)15-5-4-9-6-11(18-12(9)7-15)13(17)14-10-2-3-10/h9-12H,2-7H2,1H3,(H,14,17)/t9-,11-,12+/m0/s1. The minimum Gasteiger partial charge on any atom is -0.363 e. The van der Waals surface area contributed by atoms with Gasteiger partial charge >= 0.3 is 0 Å². The van der Waals surface area contributed by atoms with E-state index in [4.69, 9.17) is 4.74 Å². The highest BCUT2D eigenvalue weighted by atomic mass is 16.5. The normalized spacial score (nSPS) is 35.2. The van der Waals surface area contributed by atoms with Gasteiger partial charge in [0.05, 0.1) is 6.10 Å². The molecule has 0 bridgehead atoms. The molecule has 2 saturated heterocycles. The molecule has 3 fully saturated rings. The first kappa shape index (κ1) is 12.0. The van der Waals surface area contributed by atoms with Gasteiger partial charge in [-0.15, -0.1) is 0 Å². The van der Waals surface area contributed by atoms with Crippen molar-refractivity contribution >= 4 is 11.8 Å². The number of fused-ring (bicyclic) bond motifs is 1. The van der Waals surface area contributed by atoms with Crippen LogP contribution in [0.1, 0.15) is 32.6 Å². The summed E-state index contributed by atoms with van der Waals surface area (Å²) in [5.74, 6) is 0.583. The molecule has 0 aromatic carbocycles. The fourth-order valence-electron chi connectivity index (χ4n) is 2.91. The van der Waals surface area contributed by atoms with Crippen molar-refractivity contribution < 1.29 is 14.3 Å². The molecule has 3 atom stereocenters. The van der Waals surface area contributed by atoms with E-state index in [1.807, 2.05) is 4.90 Å². The third kappa shape index (κ3) is 2.36. The second kappa shape index (κ2) is 4.53. The number of likely N-dealkylation sites (tertiary alicyclic amines) is 1. The van der Waals surface area contributed by atoms with Gasteiger partial charge in [-0.2, -0.15) is 0 Å². The lowest BCUT2D eigenvalue weighted by molar-refractivity contribution is -0.136. The van der Waals surface area contributed by atoms with E-state index in [0.717, 1.165) is 32.2 Å². The van der Waals surface area contributed by atoms with Gasteiger partial charge in [0.2, 0.25) is 11.8 Å². The van der Waals surface area contributed by atoms with Crippen LogP contribution in [-0.2, 0) is 14.3 Å². The maximum Gasteiger partial charge on any atom is 0.249 e. The Morgan fingerprint density at radius 2 is 2.06 bits per heavy atom. The van der Waals surface area contributed by atoms with E-state index in [1.54, 1.807) is 6.92 Å². The average molecular weight is 252 g/mol. The summed E-state index contributed by atoms with van der Waals surface area (Å²) < 4.78 is 5.83. The molecule has 0 radical (unpaired) electrons. The molecule has 0 unspecified atom stereocenters. The van der Waals surface area contributed by atoms with Gasteiger partial charge in [0.15, 0.2) is 0 Å². The molecule has 2 heterocycles. The Morgan fingerprint density at radius 3 is 2.72 bits per heavy atom. The molecular weight excluding hydrogens is 232 g/mol. The van der Waals surface area contributed by atoms with Crippen LogP contribution in [0.5, 0.6) is 0 Å². The topological polar surface area (TPSA) is 58.6 Å². The molecule has 0 spiro atoms. The van der Waals surface area contributed by atoms with Crippen molar-refractivity contribution in [3.8, 4) is 0 Å². The minimum absolute atomic E-state index is 0.0428. The van der Waals surface area contributed by atoms with E-state index in [9.17, 15) is 9.59 Å². The Labute approximate surface area is 107 Å². The number of carbonyl (C=O) groups excluding carboxylic acids is 2. The second-order valence-corrected chi connectivity index (χ2v) is 5.70. The molecule has 100 valence electrons. The molecule has 5 nitrogen and oxygen atoms in total. The predicted octanol–water partition coefficient (Wildman–Crippen LogP) is 0.291. The summed E-state index contributed by atoms with van der Waals surface area (Å²) in [5, 5.41) is 2.99. The Bertz CT molecular complexity index is 367. The highest BCUT2D eigenvalue weighted by Gasteiger charge is 2.43. The lowest BCUT2D eigenvalue weighted by Gasteiger charge is -2.33. The van der Waals surface area contributed by atoms with Crippen LogP contribution in [-0.4, -0.2) is 48.1 Å². The maximum absolute atomic E-state index is 11.9. The van der Waals surface area contributed by atoms with Crippen LogP contribution >= 0.6 is 0 Å². The van der Waals surface area contributed by atoms with Gasteiger partial charge in [-0.25, -0.2) is 0 Å². The van der Waals surface area contributed by atoms with Crippen molar-refractivity contribution in [3.05, 3.63) is 0 Å². The number of ether oxygens (including phenoxy) is 1. The van der Waals surface area contributed by atoms with Gasteiger partial charge in [-0.05, 0) is 31.6 Å². The monoisotopic (exact) mass is 252 g/mol. The molecule has 5 heteroatoms. The molecule has 0 aromatic heterocycles. The van der Waals surface area contributed by atoms with E-state index in [0.29, 0.717) is 18.5 Å². The van der Waals surface area contributed by atoms with Crippen LogP contribution in [0.15, 0.2) is 0 Å². The Hall–Kier alpha value is -1.10. The highest BCUT2D eigenvalue weighted by Crippen LogP contribution is 2.33. The highest BCUT2D eigenvalue weighted by molar-refractivity contribution is 5.81. The summed E-state index contributed by atoms with van der Waals surface area (Å²) >= 11 is 0. The number of hydrogen-bond donors (Lipinski definition) is 1. The van der Waals surface area contributed by atoms with Crippen LogP contribution in [0.3, 0.4) is 0 Å². The van der Waals surface area contributed by atoms with E-state index >= 15 is 0 Å². The maximum atomic E-state index is 11.9.